The topological polar surface area (TPSA) is 73.2 Å². The minimum absolute atomic E-state index is 0.0127. The summed E-state index contributed by atoms with van der Waals surface area (Å²) in [5, 5.41) is 11.8. The van der Waals surface area contributed by atoms with Gasteiger partial charge in [-0.1, -0.05) is 19.1 Å². The van der Waals surface area contributed by atoms with Gasteiger partial charge in [0.1, 0.15) is 6.07 Å². The van der Waals surface area contributed by atoms with Crippen LogP contribution in [0.25, 0.3) is 0 Å². The molecule has 1 N–H and O–H groups in total. The highest BCUT2D eigenvalue weighted by molar-refractivity contribution is 6.05. The summed E-state index contributed by atoms with van der Waals surface area (Å²) in [7, 11) is 0. The third-order valence-electron chi connectivity index (χ3n) is 4.76. The molecular formula is C21H21N3O2. The van der Waals surface area contributed by atoms with Gasteiger partial charge in [0.05, 0.1) is 11.3 Å². The Morgan fingerprint density at radius 2 is 1.65 bits per heavy atom. The van der Waals surface area contributed by atoms with Gasteiger partial charge in [-0.15, -0.1) is 0 Å². The molecule has 132 valence electrons. The first kappa shape index (κ1) is 17.7. The highest BCUT2D eigenvalue weighted by Gasteiger charge is 2.21. The minimum atomic E-state index is -0.307. The molecule has 1 aliphatic heterocycles. The van der Waals surface area contributed by atoms with E-state index in [1.165, 1.54) is 0 Å². The molecule has 0 spiro atoms. The van der Waals surface area contributed by atoms with Crippen LogP contribution >= 0.6 is 0 Å². The zero-order chi connectivity index (χ0) is 18.5. The molecule has 0 atom stereocenters. The van der Waals surface area contributed by atoms with Gasteiger partial charge in [0.15, 0.2) is 0 Å². The monoisotopic (exact) mass is 347 g/mol. The molecule has 0 aromatic heterocycles. The van der Waals surface area contributed by atoms with Crippen LogP contribution < -0.4 is 5.32 Å². The quantitative estimate of drug-likeness (QED) is 0.920. The van der Waals surface area contributed by atoms with Crippen molar-refractivity contribution >= 4 is 17.5 Å². The molecule has 0 radical (unpaired) electrons. The Morgan fingerprint density at radius 1 is 1.04 bits per heavy atom. The van der Waals surface area contributed by atoms with Crippen LogP contribution in [0, 0.1) is 17.2 Å². The van der Waals surface area contributed by atoms with E-state index >= 15 is 0 Å². The van der Waals surface area contributed by atoms with Crippen LogP contribution in [0.4, 0.5) is 5.69 Å². The Balaban J connectivity index is 1.68. The lowest BCUT2D eigenvalue weighted by Crippen LogP contribution is -2.37. The molecule has 0 saturated carbocycles. The second kappa shape index (κ2) is 7.83. The smallest absolute Gasteiger partial charge is 0.255 e. The number of piperidine rings is 1. The summed E-state index contributed by atoms with van der Waals surface area (Å²) in [5.41, 5.74) is 1.92. The van der Waals surface area contributed by atoms with E-state index in [0.717, 1.165) is 25.9 Å². The van der Waals surface area contributed by atoms with Crippen molar-refractivity contribution < 1.29 is 9.59 Å². The predicted octanol–water partition coefficient (Wildman–Crippen LogP) is 3.68. The van der Waals surface area contributed by atoms with Crippen LogP contribution in [0.5, 0.6) is 0 Å². The number of nitrogens with one attached hydrogen (secondary N) is 1. The van der Waals surface area contributed by atoms with E-state index in [1.54, 1.807) is 48.5 Å². The third kappa shape index (κ3) is 3.92. The highest BCUT2D eigenvalue weighted by Crippen LogP contribution is 2.19. The number of rotatable bonds is 3. The summed E-state index contributed by atoms with van der Waals surface area (Å²) in [5.74, 6) is 0.374. The molecule has 1 fully saturated rings. The van der Waals surface area contributed by atoms with E-state index < -0.39 is 0 Å². The van der Waals surface area contributed by atoms with Crippen molar-refractivity contribution in [3.05, 3.63) is 65.2 Å². The van der Waals surface area contributed by atoms with E-state index in [4.69, 9.17) is 5.26 Å². The molecule has 1 heterocycles. The van der Waals surface area contributed by atoms with Crippen LogP contribution in [-0.4, -0.2) is 29.8 Å². The number of carbonyl (C=O) groups excluding carboxylic acids is 2. The van der Waals surface area contributed by atoms with E-state index in [9.17, 15) is 9.59 Å². The van der Waals surface area contributed by atoms with Gasteiger partial charge in [-0.3, -0.25) is 9.59 Å². The van der Waals surface area contributed by atoms with Crippen LogP contribution in [0.1, 0.15) is 46.0 Å². The van der Waals surface area contributed by atoms with E-state index in [2.05, 4.69) is 18.3 Å². The molecule has 5 nitrogen and oxygen atoms in total. The van der Waals surface area contributed by atoms with Crippen molar-refractivity contribution in [1.29, 1.82) is 5.26 Å². The fourth-order valence-electron chi connectivity index (χ4n) is 3.04. The molecule has 2 aromatic rings. The van der Waals surface area contributed by atoms with Gasteiger partial charge in [-0.2, -0.15) is 5.26 Å². The molecule has 2 amide bonds. The van der Waals surface area contributed by atoms with Crippen molar-refractivity contribution in [1.82, 2.24) is 4.90 Å². The molecule has 3 rings (SSSR count). The van der Waals surface area contributed by atoms with Gasteiger partial charge in [0, 0.05) is 24.2 Å². The number of nitriles is 1. The number of nitrogens with zero attached hydrogens (tertiary/aromatic N) is 2. The number of anilines is 1. The lowest BCUT2D eigenvalue weighted by molar-refractivity contribution is 0.0697. The number of benzene rings is 2. The second-order valence-corrected chi connectivity index (χ2v) is 6.66. The summed E-state index contributed by atoms with van der Waals surface area (Å²) in [6.45, 7) is 3.78. The van der Waals surface area contributed by atoms with Gasteiger partial charge in [-0.05, 0) is 55.2 Å². The normalized spacial score (nSPS) is 14.5. The Hall–Kier alpha value is -3.13. The fourth-order valence-corrected chi connectivity index (χ4v) is 3.04. The molecule has 1 saturated heterocycles. The first-order valence-corrected chi connectivity index (χ1v) is 8.78. The molecule has 0 bridgehead atoms. The number of para-hydroxylation sites is 1. The summed E-state index contributed by atoms with van der Waals surface area (Å²) in [4.78, 5) is 26.8. The Labute approximate surface area is 153 Å². The summed E-state index contributed by atoms with van der Waals surface area (Å²) >= 11 is 0. The number of hydrogen-bond donors (Lipinski definition) is 1. The largest absolute Gasteiger partial charge is 0.339 e. The Morgan fingerprint density at radius 3 is 2.31 bits per heavy atom. The number of likely N-dealkylation sites (tertiary alicyclic amines) is 1. The van der Waals surface area contributed by atoms with Crippen molar-refractivity contribution in [2.45, 2.75) is 19.8 Å². The number of carbonyl (C=O) groups is 2. The average molecular weight is 347 g/mol. The van der Waals surface area contributed by atoms with Gasteiger partial charge in [-0.25, -0.2) is 0 Å². The lowest BCUT2D eigenvalue weighted by atomic mass is 9.98. The van der Waals surface area contributed by atoms with E-state index in [0.29, 0.717) is 28.3 Å². The second-order valence-electron chi connectivity index (χ2n) is 6.66. The third-order valence-corrected chi connectivity index (χ3v) is 4.76. The SMILES string of the molecule is CC1CCN(C(=O)c2ccc(C(=O)Nc3ccccc3C#N)cc2)CC1. The molecule has 26 heavy (non-hydrogen) atoms. The molecule has 0 aliphatic carbocycles. The zero-order valence-corrected chi connectivity index (χ0v) is 14.7. The van der Waals surface area contributed by atoms with Crippen LogP contribution in [0.15, 0.2) is 48.5 Å². The van der Waals surface area contributed by atoms with Crippen molar-refractivity contribution in [2.24, 2.45) is 5.92 Å². The van der Waals surface area contributed by atoms with Gasteiger partial charge in [0.25, 0.3) is 11.8 Å². The first-order valence-electron chi connectivity index (χ1n) is 8.78. The number of amides is 2. The maximum absolute atomic E-state index is 12.6. The van der Waals surface area contributed by atoms with E-state index in [1.807, 2.05) is 4.90 Å². The van der Waals surface area contributed by atoms with Gasteiger partial charge >= 0.3 is 0 Å². The molecular weight excluding hydrogens is 326 g/mol. The maximum atomic E-state index is 12.6. The van der Waals surface area contributed by atoms with E-state index in [-0.39, 0.29) is 11.8 Å². The van der Waals surface area contributed by atoms with Crippen LogP contribution in [0.2, 0.25) is 0 Å². The zero-order valence-electron chi connectivity index (χ0n) is 14.7. The summed E-state index contributed by atoms with van der Waals surface area (Å²) in [6, 6.07) is 15.6. The van der Waals surface area contributed by atoms with Gasteiger partial charge < -0.3 is 10.2 Å². The van der Waals surface area contributed by atoms with Crippen LogP contribution in [0.3, 0.4) is 0 Å². The molecule has 0 unspecified atom stereocenters. The molecule has 1 aliphatic rings. The summed E-state index contributed by atoms with van der Waals surface area (Å²) < 4.78 is 0. The standard InChI is InChI=1S/C21H21N3O2/c1-15-10-12-24(13-11-15)21(26)17-8-6-16(7-9-17)20(25)23-19-5-3-2-4-18(19)14-22/h2-9,15H,10-13H2,1H3,(H,23,25). The highest BCUT2D eigenvalue weighted by atomic mass is 16.2. The number of hydrogen-bond acceptors (Lipinski definition) is 3. The Bertz CT molecular complexity index is 844. The Kier molecular flexibility index (Phi) is 5.33. The van der Waals surface area contributed by atoms with Crippen LogP contribution in [-0.2, 0) is 0 Å². The lowest BCUT2D eigenvalue weighted by Gasteiger charge is -2.30. The van der Waals surface area contributed by atoms with Crippen molar-refractivity contribution in [3.63, 3.8) is 0 Å². The minimum Gasteiger partial charge on any atom is -0.339 e. The molecule has 2 aromatic carbocycles. The maximum Gasteiger partial charge on any atom is 0.255 e. The van der Waals surface area contributed by atoms with Gasteiger partial charge in [0.2, 0.25) is 0 Å². The first-order chi connectivity index (χ1) is 12.6. The summed E-state index contributed by atoms with van der Waals surface area (Å²) in [6.07, 6.45) is 2.06. The fraction of sp³-hybridized carbons (Fsp3) is 0.286. The molecule has 5 heteroatoms. The van der Waals surface area contributed by atoms with Crippen molar-refractivity contribution in [3.8, 4) is 6.07 Å². The predicted molar refractivity (Wildman–Crippen MR) is 99.9 cm³/mol. The van der Waals surface area contributed by atoms with Crippen molar-refractivity contribution in [2.75, 3.05) is 18.4 Å². The average Bonchev–Trinajstić information content (AvgIpc) is 2.68.